The van der Waals surface area contributed by atoms with E-state index in [2.05, 4.69) is 15.1 Å². The van der Waals surface area contributed by atoms with Crippen LogP contribution >= 0.6 is 35.4 Å². The Morgan fingerprint density at radius 1 is 1.14 bits per heavy atom. The molecule has 0 spiro atoms. The maximum Gasteiger partial charge on any atom is 0.173 e. The average molecular weight is 456 g/mol. The van der Waals surface area contributed by atoms with Gasteiger partial charge in [-0.3, -0.25) is 4.90 Å². The molecule has 2 aromatic carbocycles. The van der Waals surface area contributed by atoms with E-state index in [4.69, 9.17) is 40.2 Å². The highest BCUT2D eigenvalue weighted by Gasteiger charge is 2.15. The second-order valence-corrected chi connectivity index (χ2v) is 8.14. The highest BCUT2D eigenvalue weighted by Crippen LogP contribution is 2.26. The second-order valence-electron chi connectivity index (χ2n) is 6.91. The van der Waals surface area contributed by atoms with E-state index < -0.39 is 0 Å². The third-order valence-corrected chi connectivity index (χ3v) is 5.67. The Labute approximate surface area is 186 Å². The molecule has 1 saturated heterocycles. The maximum absolute atomic E-state index is 13.3. The third-order valence-electron chi connectivity index (χ3n) is 4.75. The van der Waals surface area contributed by atoms with Crippen LogP contribution in [-0.2, 0) is 11.3 Å². The molecule has 0 amide bonds. The van der Waals surface area contributed by atoms with Gasteiger partial charge in [0.1, 0.15) is 5.82 Å². The number of nitrogens with one attached hydrogen (secondary N) is 1. The van der Waals surface area contributed by atoms with Crippen molar-refractivity contribution in [2.75, 3.05) is 44.7 Å². The zero-order valence-electron chi connectivity index (χ0n) is 16.0. The Balaban J connectivity index is 1.65. The Bertz CT molecular complexity index is 816. The molecule has 0 atom stereocenters. The minimum Gasteiger partial charge on any atom is -0.379 e. The fourth-order valence-electron chi connectivity index (χ4n) is 3.16. The van der Waals surface area contributed by atoms with E-state index in [9.17, 15) is 4.39 Å². The fraction of sp³-hybridized carbons (Fsp3) is 0.381. The molecule has 1 heterocycles. The van der Waals surface area contributed by atoms with E-state index in [0.29, 0.717) is 27.4 Å². The number of morpholine rings is 1. The van der Waals surface area contributed by atoms with Gasteiger partial charge in [-0.25, -0.2) is 4.39 Å². The van der Waals surface area contributed by atoms with E-state index in [-0.39, 0.29) is 5.82 Å². The molecular weight excluding hydrogens is 432 g/mol. The lowest BCUT2D eigenvalue weighted by Gasteiger charge is -2.30. The van der Waals surface area contributed by atoms with Gasteiger partial charge < -0.3 is 15.0 Å². The summed E-state index contributed by atoms with van der Waals surface area (Å²) in [7, 11) is 0. The van der Waals surface area contributed by atoms with Crippen molar-refractivity contribution in [3.8, 4) is 0 Å². The lowest BCUT2D eigenvalue weighted by atomic mass is 10.2. The number of hydrogen-bond acceptors (Lipinski definition) is 3. The maximum atomic E-state index is 13.3. The van der Waals surface area contributed by atoms with Gasteiger partial charge in [0.25, 0.3) is 0 Å². The first-order chi connectivity index (χ1) is 14.0. The molecule has 156 valence electrons. The molecular formula is C21H24Cl2FN3OS. The Morgan fingerprint density at radius 2 is 1.86 bits per heavy atom. The van der Waals surface area contributed by atoms with Crippen molar-refractivity contribution < 1.29 is 9.13 Å². The quantitative estimate of drug-likeness (QED) is 0.589. The molecule has 2 aromatic rings. The molecule has 0 aliphatic carbocycles. The van der Waals surface area contributed by atoms with Crippen molar-refractivity contribution in [3.05, 3.63) is 63.9 Å². The zero-order chi connectivity index (χ0) is 20.6. The standard InChI is InChI=1S/C21H24Cl2FN3OS/c22-17-4-7-19(23)20(14-17)25-21(29)27(15-16-2-5-18(24)6-3-16)9-1-8-26-10-12-28-13-11-26/h2-7,14H,1,8-13,15H2,(H,25,29). The molecule has 1 N–H and O–H groups in total. The van der Waals surface area contributed by atoms with Crippen LogP contribution in [0.1, 0.15) is 12.0 Å². The number of hydrogen-bond donors (Lipinski definition) is 1. The van der Waals surface area contributed by atoms with Crippen LogP contribution < -0.4 is 5.32 Å². The van der Waals surface area contributed by atoms with E-state index in [1.807, 2.05) is 0 Å². The van der Waals surface area contributed by atoms with Crippen LogP contribution in [0.4, 0.5) is 10.1 Å². The number of halogens is 3. The van der Waals surface area contributed by atoms with Gasteiger partial charge in [0, 0.05) is 37.7 Å². The molecule has 8 heteroatoms. The summed E-state index contributed by atoms with van der Waals surface area (Å²) in [6.07, 6.45) is 0.951. The number of nitrogens with zero attached hydrogens (tertiary/aromatic N) is 2. The second kappa shape index (κ2) is 11.1. The first kappa shape index (κ1) is 22.2. The molecule has 0 bridgehead atoms. The van der Waals surface area contributed by atoms with Crippen molar-refractivity contribution >= 4 is 46.2 Å². The normalized spacial score (nSPS) is 14.6. The minimum atomic E-state index is -0.251. The molecule has 0 radical (unpaired) electrons. The highest BCUT2D eigenvalue weighted by atomic mass is 35.5. The van der Waals surface area contributed by atoms with Crippen molar-refractivity contribution in [3.63, 3.8) is 0 Å². The SMILES string of the molecule is Fc1ccc(CN(CCCN2CCOCC2)C(=S)Nc2cc(Cl)ccc2Cl)cc1. The molecule has 1 aliphatic heterocycles. The van der Waals surface area contributed by atoms with Gasteiger partial charge in [-0.2, -0.15) is 0 Å². The van der Waals surface area contributed by atoms with Gasteiger partial charge >= 0.3 is 0 Å². The first-order valence-corrected chi connectivity index (χ1v) is 10.7. The summed E-state index contributed by atoms with van der Waals surface area (Å²) in [5.41, 5.74) is 1.65. The Morgan fingerprint density at radius 3 is 2.59 bits per heavy atom. The molecule has 3 rings (SSSR count). The van der Waals surface area contributed by atoms with E-state index in [1.54, 1.807) is 30.3 Å². The number of benzene rings is 2. The summed E-state index contributed by atoms with van der Waals surface area (Å²) in [5.74, 6) is -0.251. The van der Waals surface area contributed by atoms with Crippen LogP contribution in [0.15, 0.2) is 42.5 Å². The Kier molecular flexibility index (Phi) is 8.51. The summed E-state index contributed by atoms with van der Waals surface area (Å²) >= 11 is 18.0. The summed E-state index contributed by atoms with van der Waals surface area (Å²) in [6.45, 7) is 5.80. The lowest BCUT2D eigenvalue weighted by molar-refractivity contribution is 0.0368. The van der Waals surface area contributed by atoms with Crippen LogP contribution in [0, 0.1) is 5.82 Å². The number of anilines is 1. The van der Waals surface area contributed by atoms with E-state index >= 15 is 0 Å². The van der Waals surface area contributed by atoms with Gasteiger partial charge in [-0.05, 0) is 54.5 Å². The van der Waals surface area contributed by atoms with Crippen LogP contribution in [0.5, 0.6) is 0 Å². The van der Waals surface area contributed by atoms with Crippen molar-refractivity contribution in [2.45, 2.75) is 13.0 Å². The molecule has 1 aliphatic rings. The number of thiocarbonyl (C=S) groups is 1. The fourth-order valence-corrected chi connectivity index (χ4v) is 3.76. The number of rotatable bonds is 7. The number of ether oxygens (including phenoxy) is 1. The third kappa shape index (κ3) is 7.08. The average Bonchev–Trinajstić information content (AvgIpc) is 2.72. The van der Waals surface area contributed by atoms with Crippen LogP contribution in [-0.4, -0.2) is 54.3 Å². The molecule has 1 fully saturated rings. The van der Waals surface area contributed by atoms with Gasteiger partial charge in [0.05, 0.1) is 23.9 Å². The van der Waals surface area contributed by atoms with Gasteiger partial charge in [0.2, 0.25) is 0 Å². The van der Waals surface area contributed by atoms with E-state index in [0.717, 1.165) is 51.4 Å². The molecule has 4 nitrogen and oxygen atoms in total. The molecule has 0 unspecified atom stereocenters. The van der Waals surface area contributed by atoms with Gasteiger partial charge in [0.15, 0.2) is 5.11 Å². The summed E-state index contributed by atoms with van der Waals surface area (Å²) in [4.78, 5) is 4.46. The van der Waals surface area contributed by atoms with E-state index in [1.165, 1.54) is 12.1 Å². The summed E-state index contributed by atoms with van der Waals surface area (Å²) < 4.78 is 18.7. The van der Waals surface area contributed by atoms with Crippen LogP contribution in [0.2, 0.25) is 10.0 Å². The smallest absolute Gasteiger partial charge is 0.173 e. The zero-order valence-corrected chi connectivity index (χ0v) is 18.4. The summed E-state index contributed by atoms with van der Waals surface area (Å²) in [6, 6.07) is 11.7. The lowest BCUT2D eigenvalue weighted by Crippen LogP contribution is -2.40. The van der Waals surface area contributed by atoms with Crippen molar-refractivity contribution in [2.24, 2.45) is 0 Å². The van der Waals surface area contributed by atoms with Crippen molar-refractivity contribution in [1.29, 1.82) is 0 Å². The Hall–Kier alpha value is -1.44. The predicted octanol–water partition coefficient (Wildman–Crippen LogP) is 5.05. The highest BCUT2D eigenvalue weighted by molar-refractivity contribution is 7.80. The topological polar surface area (TPSA) is 27.7 Å². The molecule has 0 aromatic heterocycles. The van der Waals surface area contributed by atoms with Gasteiger partial charge in [-0.1, -0.05) is 35.3 Å². The monoisotopic (exact) mass is 455 g/mol. The largest absolute Gasteiger partial charge is 0.379 e. The minimum absolute atomic E-state index is 0.251. The molecule has 29 heavy (non-hydrogen) atoms. The molecule has 0 saturated carbocycles. The first-order valence-electron chi connectivity index (χ1n) is 9.57. The van der Waals surface area contributed by atoms with Crippen LogP contribution in [0.3, 0.4) is 0 Å². The van der Waals surface area contributed by atoms with Crippen molar-refractivity contribution in [1.82, 2.24) is 9.80 Å². The summed E-state index contributed by atoms with van der Waals surface area (Å²) in [5, 5.41) is 4.89. The predicted molar refractivity (Wildman–Crippen MR) is 121 cm³/mol. The van der Waals surface area contributed by atoms with Gasteiger partial charge in [-0.15, -0.1) is 0 Å². The van der Waals surface area contributed by atoms with Crippen LogP contribution in [0.25, 0.3) is 0 Å².